The molecular formula is C10H17N3OS2. The molecule has 16 heavy (non-hydrogen) atoms. The Morgan fingerprint density at radius 1 is 1.44 bits per heavy atom. The van der Waals surface area contributed by atoms with Crippen LogP contribution in [0, 0.1) is 10.9 Å². The smallest absolute Gasteiger partial charge is 0.180 e. The summed E-state index contributed by atoms with van der Waals surface area (Å²) in [6, 6.07) is 0. The van der Waals surface area contributed by atoms with Crippen molar-refractivity contribution in [3.63, 3.8) is 0 Å². The number of aromatic nitrogens is 2. The number of morpholine rings is 1. The van der Waals surface area contributed by atoms with E-state index in [-0.39, 0.29) is 12.2 Å². The van der Waals surface area contributed by atoms with Gasteiger partial charge in [-0.1, -0.05) is 11.3 Å². The minimum atomic E-state index is 0.289. The largest absolute Gasteiger partial charge is 0.373 e. The second-order valence-electron chi connectivity index (χ2n) is 4.32. The van der Waals surface area contributed by atoms with E-state index in [9.17, 15) is 0 Å². The van der Waals surface area contributed by atoms with Crippen LogP contribution in [0.2, 0.25) is 0 Å². The first-order chi connectivity index (χ1) is 7.54. The molecule has 6 heteroatoms. The standard InChI is InChI=1S/C10H17N3OS2/c1-7-4-12(5-8(2)14-7)6-13-10(15)16-9(3)11-13/h7-8H,4-6H2,1-3H3/t7-,8-/m0/s1. The fourth-order valence-electron chi connectivity index (χ4n) is 2.09. The van der Waals surface area contributed by atoms with Crippen molar-refractivity contribution in [1.29, 1.82) is 0 Å². The second kappa shape index (κ2) is 4.91. The molecule has 90 valence electrons. The minimum absolute atomic E-state index is 0.289. The van der Waals surface area contributed by atoms with Gasteiger partial charge in [-0.3, -0.25) is 4.90 Å². The third-order valence-electron chi connectivity index (χ3n) is 2.54. The van der Waals surface area contributed by atoms with Gasteiger partial charge in [0.1, 0.15) is 5.01 Å². The summed E-state index contributed by atoms with van der Waals surface area (Å²) in [5, 5.41) is 5.43. The second-order valence-corrected chi connectivity index (χ2v) is 6.15. The molecule has 0 bridgehead atoms. The highest BCUT2D eigenvalue weighted by Gasteiger charge is 2.22. The maximum absolute atomic E-state index is 5.69. The molecule has 0 aromatic carbocycles. The molecule has 0 amide bonds. The van der Waals surface area contributed by atoms with Crippen LogP contribution in [0.5, 0.6) is 0 Å². The predicted octanol–water partition coefficient (Wildman–Crippen LogP) is 2.05. The molecule has 4 nitrogen and oxygen atoms in total. The van der Waals surface area contributed by atoms with Crippen molar-refractivity contribution in [3.8, 4) is 0 Å². The van der Waals surface area contributed by atoms with Gasteiger partial charge in [0.05, 0.1) is 18.9 Å². The maximum atomic E-state index is 5.69. The Bertz CT molecular complexity index is 404. The lowest BCUT2D eigenvalue weighted by molar-refractivity contribution is -0.0776. The van der Waals surface area contributed by atoms with Crippen molar-refractivity contribution in [2.45, 2.75) is 39.6 Å². The topological polar surface area (TPSA) is 30.3 Å². The summed E-state index contributed by atoms with van der Waals surface area (Å²) >= 11 is 6.83. The van der Waals surface area contributed by atoms with E-state index in [1.165, 1.54) is 0 Å². The van der Waals surface area contributed by atoms with Crippen LogP contribution in [0.25, 0.3) is 0 Å². The van der Waals surface area contributed by atoms with Crippen molar-refractivity contribution in [1.82, 2.24) is 14.7 Å². The Morgan fingerprint density at radius 3 is 2.56 bits per heavy atom. The molecule has 1 fully saturated rings. The van der Waals surface area contributed by atoms with E-state index in [2.05, 4.69) is 23.8 Å². The maximum Gasteiger partial charge on any atom is 0.180 e. The Hall–Kier alpha value is -0.300. The predicted molar refractivity (Wildman–Crippen MR) is 67.3 cm³/mol. The lowest BCUT2D eigenvalue weighted by Crippen LogP contribution is -2.46. The lowest BCUT2D eigenvalue weighted by Gasteiger charge is -2.34. The van der Waals surface area contributed by atoms with Crippen LogP contribution < -0.4 is 0 Å². The van der Waals surface area contributed by atoms with E-state index in [1.807, 2.05) is 11.6 Å². The van der Waals surface area contributed by atoms with Gasteiger partial charge in [0.2, 0.25) is 0 Å². The lowest BCUT2D eigenvalue weighted by atomic mass is 10.2. The van der Waals surface area contributed by atoms with Crippen LogP contribution in [0.3, 0.4) is 0 Å². The molecule has 2 heterocycles. The molecule has 0 spiro atoms. The molecule has 0 saturated carbocycles. The Labute approximate surface area is 105 Å². The van der Waals surface area contributed by atoms with E-state index >= 15 is 0 Å². The monoisotopic (exact) mass is 259 g/mol. The summed E-state index contributed by atoms with van der Waals surface area (Å²) in [7, 11) is 0. The summed E-state index contributed by atoms with van der Waals surface area (Å²) in [6.45, 7) is 8.87. The molecular weight excluding hydrogens is 242 g/mol. The Balaban J connectivity index is 2.04. The molecule has 1 aliphatic heterocycles. The molecule has 1 saturated heterocycles. The van der Waals surface area contributed by atoms with Gasteiger partial charge in [-0.05, 0) is 33.0 Å². The minimum Gasteiger partial charge on any atom is -0.373 e. The van der Waals surface area contributed by atoms with Gasteiger partial charge in [-0.2, -0.15) is 5.10 Å². The Morgan fingerprint density at radius 2 is 2.06 bits per heavy atom. The molecule has 0 radical (unpaired) electrons. The van der Waals surface area contributed by atoms with Gasteiger partial charge in [0, 0.05) is 13.1 Å². The average molecular weight is 259 g/mol. The number of hydrogen-bond acceptors (Lipinski definition) is 5. The summed E-state index contributed by atoms with van der Waals surface area (Å²) in [5.41, 5.74) is 0. The van der Waals surface area contributed by atoms with Gasteiger partial charge in [-0.15, -0.1) is 0 Å². The van der Waals surface area contributed by atoms with E-state index in [0.717, 1.165) is 28.7 Å². The zero-order chi connectivity index (χ0) is 11.7. The van der Waals surface area contributed by atoms with E-state index in [4.69, 9.17) is 17.0 Å². The average Bonchev–Trinajstić information content (AvgIpc) is 2.43. The third kappa shape index (κ3) is 2.88. The Kier molecular flexibility index (Phi) is 3.73. The molecule has 2 rings (SSSR count). The van der Waals surface area contributed by atoms with Crippen molar-refractivity contribution >= 4 is 23.6 Å². The van der Waals surface area contributed by atoms with Crippen molar-refractivity contribution < 1.29 is 4.74 Å². The summed E-state index contributed by atoms with van der Waals surface area (Å²) in [6.07, 6.45) is 0.579. The molecule has 1 aromatic heterocycles. The quantitative estimate of drug-likeness (QED) is 0.761. The van der Waals surface area contributed by atoms with Crippen LogP contribution in [0.4, 0.5) is 0 Å². The summed E-state index contributed by atoms with van der Waals surface area (Å²) in [4.78, 5) is 2.34. The zero-order valence-electron chi connectivity index (χ0n) is 9.84. The number of nitrogens with zero attached hydrogens (tertiary/aromatic N) is 3. The van der Waals surface area contributed by atoms with E-state index in [0.29, 0.717) is 0 Å². The third-order valence-corrected chi connectivity index (χ3v) is 3.76. The molecule has 0 unspecified atom stereocenters. The first kappa shape index (κ1) is 12.2. The van der Waals surface area contributed by atoms with Crippen LogP contribution in [0.1, 0.15) is 18.9 Å². The number of ether oxygens (including phenoxy) is 1. The highest BCUT2D eigenvalue weighted by atomic mass is 32.1. The summed E-state index contributed by atoms with van der Waals surface area (Å²) < 4.78 is 8.45. The van der Waals surface area contributed by atoms with Gasteiger partial charge in [0.25, 0.3) is 0 Å². The SMILES string of the molecule is Cc1nn(CN2C[C@H](C)O[C@@H](C)C2)c(=S)s1. The van der Waals surface area contributed by atoms with Crippen LogP contribution in [-0.4, -0.2) is 40.0 Å². The van der Waals surface area contributed by atoms with E-state index < -0.39 is 0 Å². The molecule has 0 N–H and O–H groups in total. The fourth-order valence-corrected chi connectivity index (χ4v) is 3.15. The van der Waals surface area contributed by atoms with Gasteiger partial charge < -0.3 is 4.74 Å². The molecule has 1 aliphatic rings. The zero-order valence-corrected chi connectivity index (χ0v) is 11.5. The number of rotatable bonds is 2. The first-order valence-electron chi connectivity index (χ1n) is 5.47. The normalized spacial score (nSPS) is 27.2. The van der Waals surface area contributed by atoms with Gasteiger partial charge >= 0.3 is 0 Å². The molecule has 2 atom stereocenters. The molecule has 1 aromatic rings. The highest BCUT2D eigenvalue weighted by Crippen LogP contribution is 2.13. The van der Waals surface area contributed by atoms with E-state index in [1.54, 1.807) is 11.3 Å². The van der Waals surface area contributed by atoms with Crippen molar-refractivity contribution in [2.24, 2.45) is 0 Å². The van der Waals surface area contributed by atoms with Gasteiger partial charge in [-0.25, -0.2) is 4.68 Å². The molecule has 0 aliphatic carbocycles. The number of hydrogen-bond donors (Lipinski definition) is 0. The van der Waals surface area contributed by atoms with Crippen LogP contribution in [-0.2, 0) is 11.4 Å². The fraction of sp³-hybridized carbons (Fsp3) is 0.800. The van der Waals surface area contributed by atoms with Gasteiger partial charge in [0.15, 0.2) is 3.95 Å². The van der Waals surface area contributed by atoms with Crippen molar-refractivity contribution in [2.75, 3.05) is 13.1 Å². The summed E-state index contributed by atoms with van der Waals surface area (Å²) in [5.74, 6) is 0. The van der Waals surface area contributed by atoms with Crippen LogP contribution in [0.15, 0.2) is 0 Å². The van der Waals surface area contributed by atoms with Crippen LogP contribution >= 0.6 is 23.6 Å². The first-order valence-corrected chi connectivity index (χ1v) is 6.69. The highest BCUT2D eigenvalue weighted by molar-refractivity contribution is 7.73. The van der Waals surface area contributed by atoms with Crippen molar-refractivity contribution in [3.05, 3.63) is 8.96 Å². The number of aryl methyl sites for hydroxylation is 1.